The predicted molar refractivity (Wildman–Crippen MR) is 107 cm³/mol. The van der Waals surface area contributed by atoms with E-state index in [-0.39, 0.29) is 17.8 Å². The van der Waals surface area contributed by atoms with Crippen LogP contribution in [-0.2, 0) is 24.2 Å². The Balaban J connectivity index is 1.59. The van der Waals surface area contributed by atoms with Crippen molar-refractivity contribution in [2.75, 3.05) is 5.32 Å². The Bertz CT molecular complexity index is 1160. The fourth-order valence-corrected chi connectivity index (χ4v) is 4.75. The summed E-state index contributed by atoms with van der Waals surface area (Å²) in [5.74, 6) is -0.439. The number of fused-ring (bicyclic) bond motifs is 3. The molecule has 1 aliphatic rings. The van der Waals surface area contributed by atoms with Crippen LogP contribution in [0.4, 0.5) is 11.4 Å². The smallest absolute Gasteiger partial charge is 0.274 e. The molecule has 144 valence electrons. The van der Waals surface area contributed by atoms with Crippen molar-refractivity contribution in [2.24, 2.45) is 0 Å². The number of nitrogens with zero attached hydrogens (tertiary/aromatic N) is 3. The fraction of sp³-hybridized carbons (Fsp3) is 0.316. The monoisotopic (exact) mass is 398 g/mol. The number of carbonyl (C=O) groups excluding carboxylic acids is 1. The van der Waals surface area contributed by atoms with Crippen LogP contribution < -0.4 is 10.9 Å². The third-order valence-electron chi connectivity index (χ3n) is 4.95. The number of nitro benzene ring substituents is 1. The maximum Gasteiger partial charge on any atom is 0.274 e. The van der Waals surface area contributed by atoms with E-state index < -0.39 is 10.8 Å². The number of amides is 1. The molecule has 0 aliphatic heterocycles. The lowest BCUT2D eigenvalue weighted by molar-refractivity contribution is -0.385. The lowest BCUT2D eigenvalue weighted by Gasteiger charge is -2.11. The van der Waals surface area contributed by atoms with Gasteiger partial charge in [0.05, 0.1) is 16.6 Å². The standard InChI is InChI=1S/C19H18N4O4S/c1-11-6-7-12(8-14(11)23(26)27)21-16(24)9-22-10-20-18-17(19(22)25)13-4-2-3-5-15(13)28-18/h6-8,10H,2-5,9H2,1H3,(H,21,24). The minimum atomic E-state index is -0.493. The maximum absolute atomic E-state index is 12.9. The molecule has 1 aliphatic carbocycles. The van der Waals surface area contributed by atoms with Crippen LogP contribution >= 0.6 is 11.3 Å². The summed E-state index contributed by atoms with van der Waals surface area (Å²) in [4.78, 5) is 42.2. The van der Waals surface area contributed by atoms with Gasteiger partial charge in [0.1, 0.15) is 11.4 Å². The number of rotatable bonds is 4. The van der Waals surface area contributed by atoms with Gasteiger partial charge in [0.2, 0.25) is 5.91 Å². The molecule has 0 atom stereocenters. The van der Waals surface area contributed by atoms with E-state index in [2.05, 4.69) is 10.3 Å². The van der Waals surface area contributed by atoms with E-state index in [1.807, 2.05) is 0 Å². The molecular weight excluding hydrogens is 380 g/mol. The fourth-order valence-electron chi connectivity index (χ4n) is 3.53. The minimum Gasteiger partial charge on any atom is -0.324 e. The summed E-state index contributed by atoms with van der Waals surface area (Å²) in [5.41, 5.74) is 1.62. The molecule has 8 nitrogen and oxygen atoms in total. The zero-order chi connectivity index (χ0) is 19.8. The SMILES string of the molecule is Cc1ccc(NC(=O)Cn2cnc3sc4c(c3c2=O)CCCC4)cc1[N+](=O)[O-]. The Kier molecular flexibility index (Phi) is 4.68. The molecule has 28 heavy (non-hydrogen) atoms. The van der Waals surface area contributed by atoms with Gasteiger partial charge in [-0.2, -0.15) is 0 Å². The van der Waals surface area contributed by atoms with Crippen molar-refractivity contribution in [3.8, 4) is 0 Å². The summed E-state index contributed by atoms with van der Waals surface area (Å²) in [5, 5.41) is 14.3. The van der Waals surface area contributed by atoms with Gasteiger partial charge in [0.15, 0.2) is 0 Å². The highest BCUT2D eigenvalue weighted by Gasteiger charge is 2.20. The second-order valence-electron chi connectivity index (χ2n) is 6.88. The van der Waals surface area contributed by atoms with Crippen molar-refractivity contribution in [1.29, 1.82) is 0 Å². The number of carbonyl (C=O) groups is 1. The number of anilines is 1. The van der Waals surface area contributed by atoms with E-state index in [1.54, 1.807) is 30.4 Å². The van der Waals surface area contributed by atoms with E-state index in [9.17, 15) is 19.7 Å². The maximum atomic E-state index is 12.9. The molecule has 4 rings (SSSR count). The number of thiophene rings is 1. The first kappa shape index (κ1) is 18.3. The molecule has 0 spiro atoms. The lowest BCUT2D eigenvalue weighted by atomic mass is 9.97. The van der Waals surface area contributed by atoms with Crippen molar-refractivity contribution >= 4 is 38.8 Å². The lowest BCUT2D eigenvalue weighted by Crippen LogP contribution is -2.28. The quantitative estimate of drug-likeness (QED) is 0.536. The van der Waals surface area contributed by atoms with Gasteiger partial charge in [-0.3, -0.25) is 24.3 Å². The first-order valence-corrected chi connectivity index (χ1v) is 9.80. The van der Waals surface area contributed by atoms with Crippen molar-refractivity contribution in [1.82, 2.24) is 9.55 Å². The average molecular weight is 398 g/mol. The number of aromatic nitrogens is 2. The molecule has 2 heterocycles. The van der Waals surface area contributed by atoms with Gasteiger partial charge in [-0.05, 0) is 44.2 Å². The molecule has 0 bridgehead atoms. The Labute approximate surface area is 164 Å². The first-order valence-electron chi connectivity index (χ1n) is 8.98. The van der Waals surface area contributed by atoms with Gasteiger partial charge in [-0.1, -0.05) is 6.07 Å². The minimum absolute atomic E-state index is 0.0667. The number of hydrogen-bond acceptors (Lipinski definition) is 6. The van der Waals surface area contributed by atoms with Crippen molar-refractivity contribution < 1.29 is 9.72 Å². The molecule has 1 N–H and O–H groups in total. The Morgan fingerprint density at radius 2 is 2.14 bits per heavy atom. The summed E-state index contributed by atoms with van der Waals surface area (Å²) in [6, 6.07) is 4.48. The summed E-state index contributed by atoms with van der Waals surface area (Å²) in [6.45, 7) is 1.43. The average Bonchev–Trinajstić information content (AvgIpc) is 3.04. The number of nitro groups is 1. The van der Waals surface area contributed by atoms with Gasteiger partial charge in [-0.25, -0.2) is 4.98 Å². The van der Waals surface area contributed by atoms with Crippen LogP contribution in [0.15, 0.2) is 29.3 Å². The molecule has 2 aromatic heterocycles. The molecule has 0 saturated carbocycles. The van der Waals surface area contributed by atoms with E-state index in [4.69, 9.17) is 0 Å². The first-order chi connectivity index (χ1) is 13.4. The van der Waals surface area contributed by atoms with E-state index >= 15 is 0 Å². The molecule has 1 amide bonds. The molecule has 3 aromatic rings. The third kappa shape index (κ3) is 3.29. The predicted octanol–water partition coefficient (Wildman–Crippen LogP) is 3.19. The van der Waals surface area contributed by atoms with Crippen LogP contribution in [0.2, 0.25) is 0 Å². The molecule has 0 unspecified atom stereocenters. The van der Waals surface area contributed by atoms with Gasteiger partial charge < -0.3 is 5.32 Å². The number of aryl methyl sites for hydroxylation is 3. The second-order valence-corrected chi connectivity index (χ2v) is 7.96. The zero-order valence-corrected chi connectivity index (χ0v) is 16.0. The van der Waals surface area contributed by atoms with Crippen LogP contribution in [0.5, 0.6) is 0 Å². The highest BCUT2D eigenvalue weighted by molar-refractivity contribution is 7.18. The second kappa shape index (κ2) is 7.16. The van der Waals surface area contributed by atoms with E-state index in [1.165, 1.54) is 21.8 Å². The van der Waals surface area contributed by atoms with Crippen LogP contribution in [0.1, 0.15) is 28.8 Å². The molecular formula is C19H18N4O4S. The normalized spacial score (nSPS) is 13.3. The topological polar surface area (TPSA) is 107 Å². The third-order valence-corrected chi connectivity index (χ3v) is 6.15. The van der Waals surface area contributed by atoms with Crippen LogP contribution in [0.25, 0.3) is 10.2 Å². The molecule has 9 heteroatoms. The van der Waals surface area contributed by atoms with Gasteiger partial charge >= 0.3 is 0 Å². The van der Waals surface area contributed by atoms with Gasteiger partial charge in [-0.15, -0.1) is 11.3 Å². The number of hydrogen-bond donors (Lipinski definition) is 1. The molecule has 0 fully saturated rings. The largest absolute Gasteiger partial charge is 0.324 e. The highest BCUT2D eigenvalue weighted by atomic mass is 32.1. The summed E-state index contributed by atoms with van der Waals surface area (Å²) < 4.78 is 1.29. The molecule has 0 radical (unpaired) electrons. The Morgan fingerprint density at radius 3 is 2.93 bits per heavy atom. The molecule has 1 aromatic carbocycles. The number of nitrogens with one attached hydrogen (secondary N) is 1. The Hall–Kier alpha value is -3.07. The van der Waals surface area contributed by atoms with Gasteiger partial charge in [0.25, 0.3) is 11.2 Å². The molecule has 0 saturated heterocycles. The van der Waals surface area contributed by atoms with Crippen LogP contribution in [0, 0.1) is 17.0 Å². The van der Waals surface area contributed by atoms with Crippen LogP contribution in [0.3, 0.4) is 0 Å². The zero-order valence-electron chi connectivity index (χ0n) is 15.2. The van der Waals surface area contributed by atoms with Crippen molar-refractivity contribution in [3.05, 3.63) is 61.0 Å². The highest BCUT2D eigenvalue weighted by Crippen LogP contribution is 2.33. The van der Waals surface area contributed by atoms with Crippen molar-refractivity contribution in [2.45, 2.75) is 39.2 Å². The summed E-state index contributed by atoms with van der Waals surface area (Å²) >= 11 is 1.56. The summed E-state index contributed by atoms with van der Waals surface area (Å²) in [6.07, 6.45) is 5.42. The summed E-state index contributed by atoms with van der Waals surface area (Å²) in [7, 11) is 0. The number of benzene rings is 1. The van der Waals surface area contributed by atoms with Crippen LogP contribution in [-0.4, -0.2) is 20.4 Å². The Morgan fingerprint density at radius 1 is 1.36 bits per heavy atom. The van der Waals surface area contributed by atoms with Gasteiger partial charge in [0, 0.05) is 22.2 Å². The van der Waals surface area contributed by atoms with E-state index in [0.717, 1.165) is 36.1 Å². The van der Waals surface area contributed by atoms with E-state index in [0.29, 0.717) is 16.6 Å². The van der Waals surface area contributed by atoms with Crippen molar-refractivity contribution in [3.63, 3.8) is 0 Å².